The average Bonchev–Trinajstić information content (AvgIpc) is 2.93. The standard InChI is InChI=1S/C21H22FNO3/c22-15-6-10-19(11-7-15)26-20-12-16-8-9-17(13-20)23(16)21(24)14-25-18-4-2-1-3-5-18/h1-7,10-11,16-17,20H,8-9,12-14H2. The Hall–Kier alpha value is -2.56. The third kappa shape index (κ3) is 3.66. The number of nitrogens with zero attached hydrogens (tertiary/aromatic N) is 1. The van der Waals surface area contributed by atoms with Crippen molar-refractivity contribution >= 4 is 5.91 Å². The minimum atomic E-state index is -0.267. The van der Waals surface area contributed by atoms with Crippen LogP contribution in [-0.4, -0.2) is 35.6 Å². The van der Waals surface area contributed by atoms with Crippen molar-refractivity contribution in [1.82, 2.24) is 4.90 Å². The van der Waals surface area contributed by atoms with Crippen LogP contribution in [0.2, 0.25) is 0 Å². The predicted molar refractivity (Wildman–Crippen MR) is 95.6 cm³/mol. The fourth-order valence-electron chi connectivity index (χ4n) is 4.07. The highest BCUT2D eigenvalue weighted by molar-refractivity contribution is 5.79. The second-order valence-electron chi connectivity index (χ2n) is 6.95. The van der Waals surface area contributed by atoms with Gasteiger partial charge in [-0.05, 0) is 49.2 Å². The van der Waals surface area contributed by atoms with E-state index in [0.717, 1.165) is 25.7 Å². The summed E-state index contributed by atoms with van der Waals surface area (Å²) in [7, 11) is 0. The molecule has 2 heterocycles. The van der Waals surface area contributed by atoms with Gasteiger partial charge in [-0.3, -0.25) is 4.79 Å². The smallest absolute Gasteiger partial charge is 0.261 e. The summed E-state index contributed by atoms with van der Waals surface area (Å²) in [6, 6.07) is 15.9. The van der Waals surface area contributed by atoms with Gasteiger partial charge in [0.1, 0.15) is 23.4 Å². The van der Waals surface area contributed by atoms with E-state index in [-0.39, 0.29) is 36.5 Å². The highest BCUT2D eigenvalue weighted by Gasteiger charge is 2.44. The number of para-hydroxylation sites is 1. The number of piperidine rings is 1. The Balaban J connectivity index is 1.34. The molecule has 2 aliphatic rings. The topological polar surface area (TPSA) is 38.8 Å². The molecule has 0 aliphatic carbocycles. The SMILES string of the molecule is O=C(COc1ccccc1)N1C2CCC1CC(Oc1ccc(F)cc1)C2. The van der Waals surface area contributed by atoms with Gasteiger partial charge in [-0.25, -0.2) is 4.39 Å². The molecule has 136 valence electrons. The van der Waals surface area contributed by atoms with Crippen molar-refractivity contribution in [2.24, 2.45) is 0 Å². The molecule has 2 saturated heterocycles. The number of fused-ring (bicyclic) bond motifs is 2. The van der Waals surface area contributed by atoms with Crippen LogP contribution in [0.25, 0.3) is 0 Å². The molecule has 0 saturated carbocycles. The Kier molecular flexibility index (Phi) is 4.78. The Morgan fingerprint density at radius 3 is 2.27 bits per heavy atom. The van der Waals surface area contributed by atoms with E-state index in [0.29, 0.717) is 11.5 Å². The Morgan fingerprint density at radius 2 is 1.62 bits per heavy atom. The quantitative estimate of drug-likeness (QED) is 0.819. The maximum atomic E-state index is 13.0. The van der Waals surface area contributed by atoms with E-state index in [1.165, 1.54) is 12.1 Å². The lowest BCUT2D eigenvalue weighted by Crippen LogP contribution is -2.50. The van der Waals surface area contributed by atoms with Crippen LogP contribution in [-0.2, 0) is 4.79 Å². The van der Waals surface area contributed by atoms with Crippen molar-refractivity contribution in [3.63, 3.8) is 0 Å². The van der Waals surface area contributed by atoms with Gasteiger partial charge in [0.2, 0.25) is 0 Å². The number of ether oxygens (including phenoxy) is 2. The summed E-state index contributed by atoms with van der Waals surface area (Å²) in [5.41, 5.74) is 0. The van der Waals surface area contributed by atoms with Gasteiger partial charge >= 0.3 is 0 Å². The van der Waals surface area contributed by atoms with Gasteiger partial charge in [-0.15, -0.1) is 0 Å². The molecule has 4 nitrogen and oxygen atoms in total. The van der Waals surface area contributed by atoms with Crippen LogP contribution < -0.4 is 9.47 Å². The van der Waals surface area contributed by atoms with Crippen LogP contribution >= 0.6 is 0 Å². The first kappa shape index (κ1) is 16.9. The summed E-state index contributed by atoms with van der Waals surface area (Å²) in [5, 5.41) is 0. The molecule has 2 atom stereocenters. The molecule has 4 rings (SSSR count). The fourth-order valence-corrected chi connectivity index (χ4v) is 4.07. The lowest BCUT2D eigenvalue weighted by molar-refractivity contribution is -0.139. The van der Waals surface area contributed by atoms with Crippen molar-refractivity contribution in [3.05, 3.63) is 60.4 Å². The number of benzene rings is 2. The Labute approximate surface area is 152 Å². The highest BCUT2D eigenvalue weighted by atomic mass is 19.1. The fraction of sp³-hybridized carbons (Fsp3) is 0.381. The zero-order chi connectivity index (χ0) is 17.9. The first-order chi connectivity index (χ1) is 12.7. The van der Waals surface area contributed by atoms with Gasteiger partial charge in [0.05, 0.1) is 0 Å². The lowest BCUT2D eigenvalue weighted by atomic mass is 9.99. The summed E-state index contributed by atoms with van der Waals surface area (Å²) >= 11 is 0. The number of carbonyl (C=O) groups is 1. The number of carbonyl (C=O) groups excluding carboxylic acids is 1. The van der Waals surface area contributed by atoms with Gasteiger partial charge in [0, 0.05) is 24.9 Å². The van der Waals surface area contributed by atoms with Crippen LogP contribution in [0.3, 0.4) is 0 Å². The molecule has 0 radical (unpaired) electrons. The molecule has 2 bridgehead atoms. The van der Waals surface area contributed by atoms with Gasteiger partial charge in [0.15, 0.2) is 6.61 Å². The molecule has 2 aromatic rings. The zero-order valence-corrected chi connectivity index (χ0v) is 14.5. The largest absolute Gasteiger partial charge is 0.490 e. The van der Waals surface area contributed by atoms with Crippen molar-refractivity contribution in [2.45, 2.75) is 43.9 Å². The second-order valence-corrected chi connectivity index (χ2v) is 6.95. The van der Waals surface area contributed by atoms with Crippen molar-refractivity contribution in [1.29, 1.82) is 0 Å². The van der Waals surface area contributed by atoms with Gasteiger partial charge in [-0.2, -0.15) is 0 Å². The van der Waals surface area contributed by atoms with E-state index < -0.39 is 0 Å². The summed E-state index contributed by atoms with van der Waals surface area (Å²) in [4.78, 5) is 14.6. The zero-order valence-electron chi connectivity index (χ0n) is 14.5. The molecule has 2 aliphatic heterocycles. The highest BCUT2D eigenvalue weighted by Crippen LogP contribution is 2.37. The maximum Gasteiger partial charge on any atom is 0.261 e. The van der Waals surface area contributed by atoms with Crippen molar-refractivity contribution in [2.75, 3.05) is 6.61 Å². The molecular formula is C21H22FNO3. The van der Waals surface area contributed by atoms with Gasteiger partial charge in [-0.1, -0.05) is 18.2 Å². The molecule has 0 aromatic heterocycles. The van der Waals surface area contributed by atoms with Crippen LogP contribution in [0.5, 0.6) is 11.5 Å². The number of hydrogen-bond acceptors (Lipinski definition) is 3. The summed E-state index contributed by atoms with van der Waals surface area (Å²) in [5.74, 6) is 1.17. The van der Waals surface area contributed by atoms with Crippen molar-refractivity contribution in [3.8, 4) is 11.5 Å². The number of rotatable bonds is 5. The number of hydrogen-bond donors (Lipinski definition) is 0. The monoisotopic (exact) mass is 355 g/mol. The third-order valence-electron chi connectivity index (χ3n) is 5.20. The molecule has 0 spiro atoms. The van der Waals surface area contributed by atoms with Crippen LogP contribution in [0, 0.1) is 5.82 Å². The second kappa shape index (κ2) is 7.36. The van der Waals surface area contributed by atoms with Gasteiger partial charge in [0.25, 0.3) is 5.91 Å². The van der Waals surface area contributed by atoms with Crippen LogP contribution in [0.1, 0.15) is 25.7 Å². The first-order valence-electron chi connectivity index (χ1n) is 9.10. The average molecular weight is 355 g/mol. The Bertz CT molecular complexity index is 736. The minimum Gasteiger partial charge on any atom is -0.490 e. The lowest BCUT2D eigenvalue weighted by Gasteiger charge is -2.38. The summed E-state index contributed by atoms with van der Waals surface area (Å²) in [6.07, 6.45) is 3.70. The van der Waals surface area contributed by atoms with E-state index in [2.05, 4.69) is 0 Å². The minimum absolute atomic E-state index is 0.0431. The maximum absolute atomic E-state index is 13.0. The van der Waals surface area contributed by atoms with Crippen LogP contribution in [0.4, 0.5) is 4.39 Å². The van der Waals surface area contributed by atoms with E-state index >= 15 is 0 Å². The summed E-state index contributed by atoms with van der Waals surface area (Å²) in [6.45, 7) is 0.0699. The molecule has 2 aromatic carbocycles. The molecular weight excluding hydrogens is 333 g/mol. The molecule has 0 N–H and O–H groups in total. The normalized spacial score (nSPS) is 24.3. The number of halogens is 1. The summed E-state index contributed by atoms with van der Waals surface area (Å²) < 4.78 is 24.7. The predicted octanol–water partition coefficient (Wildman–Crippen LogP) is 3.81. The van der Waals surface area contributed by atoms with E-state index in [1.54, 1.807) is 12.1 Å². The molecule has 5 heteroatoms. The molecule has 26 heavy (non-hydrogen) atoms. The molecule has 1 amide bonds. The van der Waals surface area contributed by atoms with Crippen LogP contribution in [0.15, 0.2) is 54.6 Å². The first-order valence-corrected chi connectivity index (χ1v) is 9.10. The molecule has 2 unspecified atom stereocenters. The number of amides is 1. The van der Waals surface area contributed by atoms with E-state index in [9.17, 15) is 9.18 Å². The van der Waals surface area contributed by atoms with E-state index in [4.69, 9.17) is 9.47 Å². The Morgan fingerprint density at radius 1 is 0.962 bits per heavy atom. The van der Waals surface area contributed by atoms with Gasteiger partial charge < -0.3 is 14.4 Å². The third-order valence-corrected chi connectivity index (χ3v) is 5.20. The van der Waals surface area contributed by atoms with Crippen molar-refractivity contribution < 1.29 is 18.7 Å². The molecule has 2 fully saturated rings. The van der Waals surface area contributed by atoms with E-state index in [1.807, 2.05) is 35.2 Å².